The van der Waals surface area contributed by atoms with Crippen LogP contribution in [0.2, 0.25) is 0 Å². The van der Waals surface area contributed by atoms with E-state index in [1.165, 1.54) is 6.33 Å². The Labute approximate surface area is 112 Å². The summed E-state index contributed by atoms with van der Waals surface area (Å²) in [6, 6.07) is 7.66. The number of hydrogen-bond acceptors (Lipinski definition) is 6. The fourth-order valence-corrected chi connectivity index (χ4v) is 2.04. The van der Waals surface area contributed by atoms with Crippen molar-refractivity contribution in [3.05, 3.63) is 36.8 Å². The number of benzene rings is 1. The highest BCUT2D eigenvalue weighted by Crippen LogP contribution is 2.21. The quantitative estimate of drug-likeness (QED) is 0.539. The van der Waals surface area contributed by atoms with Crippen molar-refractivity contribution in [3.8, 4) is 11.5 Å². The van der Waals surface area contributed by atoms with Gasteiger partial charge in [0.15, 0.2) is 17.3 Å². The number of hydrogen-bond donors (Lipinski definition) is 2. The van der Waals surface area contributed by atoms with Crippen molar-refractivity contribution in [3.63, 3.8) is 0 Å². The number of aromatic nitrogens is 6. The van der Waals surface area contributed by atoms with Gasteiger partial charge in [0, 0.05) is 0 Å². The van der Waals surface area contributed by atoms with E-state index in [-0.39, 0.29) is 0 Å². The lowest BCUT2D eigenvalue weighted by molar-refractivity contribution is 1.20. The molecule has 0 fully saturated rings. The summed E-state index contributed by atoms with van der Waals surface area (Å²) in [5.41, 5.74) is 9.19. The summed E-state index contributed by atoms with van der Waals surface area (Å²) in [6.45, 7) is 0. The molecule has 0 aliphatic heterocycles. The number of nitrogens with one attached hydrogen (secondary N) is 1. The molecule has 0 saturated carbocycles. The Morgan fingerprint density at radius 2 is 1.80 bits per heavy atom. The van der Waals surface area contributed by atoms with E-state index >= 15 is 0 Å². The molecule has 0 unspecified atom stereocenters. The topological polar surface area (TPSA) is 106 Å². The molecule has 3 heterocycles. The van der Waals surface area contributed by atoms with Gasteiger partial charge in [0.05, 0.1) is 17.2 Å². The average Bonchev–Trinajstić information content (AvgIpc) is 2.92. The van der Waals surface area contributed by atoms with Crippen molar-refractivity contribution in [1.82, 2.24) is 29.9 Å². The number of nitrogens with two attached hydrogens (primary N) is 1. The molecule has 7 nitrogen and oxygen atoms in total. The largest absolute Gasteiger partial charge is 0.382 e. The minimum absolute atomic E-state index is 0.363. The second-order valence-electron chi connectivity index (χ2n) is 4.29. The smallest absolute Gasteiger partial charge is 0.183 e. The highest BCUT2D eigenvalue weighted by atomic mass is 15.1. The van der Waals surface area contributed by atoms with Crippen molar-refractivity contribution in [2.45, 2.75) is 0 Å². The van der Waals surface area contributed by atoms with Gasteiger partial charge < -0.3 is 10.7 Å². The number of fused-ring (bicyclic) bond motifs is 2. The summed E-state index contributed by atoms with van der Waals surface area (Å²) in [4.78, 5) is 24.3. The third-order valence-electron chi connectivity index (χ3n) is 3.01. The van der Waals surface area contributed by atoms with Gasteiger partial charge in [-0.15, -0.1) is 0 Å². The van der Waals surface area contributed by atoms with E-state index < -0.39 is 0 Å². The predicted molar refractivity (Wildman–Crippen MR) is 74.6 cm³/mol. The Hall–Kier alpha value is -3.09. The van der Waals surface area contributed by atoms with Crippen LogP contribution in [0.4, 0.5) is 5.82 Å². The first-order valence-electron chi connectivity index (χ1n) is 5.99. The summed E-state index contributed by atoms with van der Waals surface area (Å²) >= 11 is 0. The van der Waals surface area contributed by atoms with Gasteiger partial charge in [-0.25, -0.2) is 19.9 Å². The van der Waals surface area contributed by atoms with E-state index in [2.05, 4.69) is 29.9 Å². The number of nitrogen functional groups attached to an aromatic ring is 1. The van der Waals surface area contributed by atoms with Crippen LogP contribution in [0.15, 0.2) is 36.8 Å². The molecule has 3 N–H and O–H groups in total. The molecule has 0 atom stereocenters. The number of H-pyrrole nitrogens is 1. The second kappa shape index (κ2) is 3.95. The lowest BCUT2D eigenvalue weighted by atomic mass is 10.3. The molecule has 0 spiro atoms. The number of anilines is 1. The maximum atomic E-state index is 5.78. The van der Waals surface area contributed by atoms with E-state index in [9.17, 15) is 0 Å². The molecule has 0 aliphatic carbocycles. The Morgan fingerprint density at radius 1 is 0.950 bits per heavy atom. The Balaban J connectivity index is 1.94. The van der Waals surface area contributed by atoms with E-state index in [0.717, 1.165) is 11.0 Å². The van der Waals surface area contributed by atoms with Gasteiger partial charge in [0.1, 0.15) is 17.5 Å². The van der Waals surface area contributed by atoms with Crippen LogP contribution < -0.4 is 5.73 Å². The highest BCUT2D eigenvalue weighted by molar-refractivity contribution is 5.84. The standard InChI is InChI=1S/C13H9N7/c14-11-10-13(17-6-16-11)20-12(19-10)9-5-15-7-3-1-2-4-8(7)18-9/h1-6H,(H3,14,16,17,19,20). The SMILES string of the molecule is Nc1ncnc2nc(-c3cnc4ccccc4n3)[nH]c12. The Bertz CT molecular complexity index is 928. The van der Waals surface area contributed by atoms with Gasteiger partial charge in [-0.2, -0.15) is 0 Å². The Morgan fingerprint density at radius 3 is 2.65 bits per heavy atom. The number of para-hydroxylation sites is 2. The van der Waals surface area contributed by atoms with Crippen LogP contribution in [0.5, 0.6) is 0 Å². The van der Waals surface area contributed by atoms with Crippen LogP contribution in [0.3, 0.4) is 0 Å². The highest BCUT2D eigenvalue weighted by Gasteiger charge is 2.11. The summed E-state index contributed by atoms with van der Waals surface area (Å²) in [5.74, 6) is 0.938. The number of rotatable bonds is 1. The molecule has 96 valence electrons. The van der Waals surface area contributed by atoms with E-state index in [4.69, 9.17) is 5.73 Å². The third kappa shape index (κ3) is 1.57. The molecule has 0 aliphatic rings. The molecule has 0 bridgehead atoms. The molecule has 3 aromatic heterocycles. The van der Waals surface area contributed by atoms with Crippen LogP contribution >= 0.6 is 0 Å². The molecule has 4 rings (SSSR count). The van der Waals surface area contributed by atoms with E-state index in [1.54, 1.807) is 6.20 Å². The lowest BCUT2D eigenvalue weighted by Gasteiger charge is -1.98. The lowest BCUT2D eigenvalue weighted by Crippen LogP contribution is -1.92. The van der Waals surface area contributed by atoms with Crippen LogP contribution in [0.25, 0.3) is 33.7 Å². The zero-order valence-electron chi connectivity index (χ0n) is 10.3. The fourth-order valence-electron chi connectivity index (χ4n) is 2.04. The maximum Gasteiger partial charge on any atom is 0.183 e. The first kappa shape index (κ1) is 10.8. The summed E-state index contributed by atoms with van der Waals surface area (Å²) in [6.07, 6.45) is 3.05. The summed E-state index contributed by atoms with van der Waals surface area (Å²) < 4.78 is 0. The number of nitrogens with zero attached hydrogens (tertiary/aromatic N) is 5. The molecule has 0 radical (unpaired) electrons. The van der Waals surface area contributed by atoms with E-state index in [1.807, 2.05) is 24.3 Å². The van der Waals surface area contributed by atoms with Gasteiger partial charge >= 0.3 is 0 Å². The fraction of sp³-hybridized carbons (Fsp3) is 0. The summed E-state index contributed by atoms with van der Waals surface area (Å²) in [7, 11) is 0. The van der Waals surface area contributed by atoms with Gasteiger partial charge in [0.2, 0.25) is 0 Å². The molecule has 1 aromatic carbocycles. The van der Waals surface area contributed by atoms with Crippen molar-refractivity contribution >= 4 is 28.0 Å². The maximum absolute atomic E-state index is 5.78. The van der Waals surface area contributed by atoms with E-state index in [0.29, 0.717) is 28.5 Å². The van der Waals surface area contributed by atoms with Crippen LogP contribution in [0, 0.1) is 0 Å². The molecular weight excluding hydrogens is 254 g/mol. The van der Waals surface area contributed by atoms with Crippen molar-refractivity contribution in [2.75, 3.05) is 5.73 Å². The zero-order chi connectivity index (χ0) is 13.5. The zero-order valence-corrected chi connectivity index (χ0v) is 10.3. The summed E-state index contributed by atoms with van der Waals surface area (Å²) in [5, 5.41) is 0. The molecule has 0 amide bonds. The van der Waals surface area contributed by atoms with Crippen molar-refractivity contribution < 1.29 is 0 Å². The average molecular weight is 263 g/mol. The number of imidazole rings is 1. The van der Waals surface area contributed by atoms with Gasteiger partial charge in [-0.1, -0.05) is 12.1 Å². The normalized spacial score (nSPS) is 11.2. The second-order valence-corrected chi connectivity index (χ2v) is 4.29. The number of aromatic amines is 1. The molecule has 7 heteroatoms. The van der Waals surface area contributed by atoms with Crippen LogP contribution in [-0.2, 0) is 0 Å². The molecule has 4 aromatic rings. The van der Waals surface area contributed by atoms with Gasteiger partial charge in [-0.05, 0) is 12.1 Å². The predicted octanol–water partition coefficient (Wildman–Crippen LogP) is 1.55. The third-order valence-corrected chi connectivity index (χ3v) is 3.01. The van der Waals surface area contributed by atoms with Crippen LogP contribution in [0.1, 0.15) is 0 Å². The van der Waals surface area contributed by atoms with Gasteiger partial charge in [0.25, 0.3) is 0 Å². The minimum Gasteiger partial charge on any atom is -0.382 e. The van der Waals surface area contributed by atoms with Crippen molar-refractivity contribution in [1.29, 1.82) is 0 Å². The molecular formula is C13H9N7. The molecule has 20 heavy (non-hydrogen) atoms. The van der Waals surface area contributed by atoms with Gasteiger partial charge in [-0.3, -0.25) is 4.98 Å². The molecule has 0 saturated heterocycles. The first-order chi connectivity index (χ1) is 9.81. The first-order valence-corrected chi connectivity index (χ1v) is 5.99. The Kier molecular flexibility index (Phi) is 2.13. The van der Waals surface area contributed by atoms with Crippen molar-refractivity contribution in [2.24, 2.45) is 0 Å². The minimum atomic E-state index is 0.363. The van der Waals surface area contributed by atoms with Crippen LogP contribution in [-0.4, -0.2) is 29.9 Å². The monoisotopic (exact) mass is 263 g/mol.